The first-order valence-electron chi connectivity index (χ1n) is 13.9. The van der Waals surface area contributed by atoms with Crippen LogP contribution in [0.15, 0.2) is 0 Å². The van der Waals surface area contributed by atoms with Crippen LogP contribution in [0.5, 0.6) is 0 Å². The minimum atomic E-state index is -0.189. The monoisotopic (exact) mass is 440 g/mol. The van der Waals surface area contributed by atoms with Gasteiger partial charge in [-0.1, -0.05) is 61.8 Å². The third kappa shape index (κ3) is 2.10. The van der Waals surface area contributed by atoms with Crippen LogP contribution in [0.2, 0.25) is 0 Å². The molecule has 6 rings (SSSR count). The molecule has 0 amide bonds. The smallest absolute Gasteiger partial charge is 0.138 e. The SMILES string of the molecule is CC1(C)C(=O)CC[C@]2(C)[C@H]3CC[C@@]4(C)[C@@H]5CCCC(C)(C)[C@@]5(C)CC[C@]4(C)[C@]34O[C@@H]4C[C@@H]12. The Hall–Kier alpha value is -0.370. The van der Waals surface area contributed by atoms with Gasteiger partial charge in [0.05, 0.1) is 6.10 Å². The molecule has 180 valence electrons. The maximum absolute atomic E-state index is 12.9. The van der Waals surface area contributed by atoms with Crippen molar-refractivity contribution in [2.45, 2.75) is 131 Å². The van der Waals surface area contributed by atoms with Gasteiger partial charge in [0.1, 0.15) is 11.4 Å². The van der Waals surface area contributed by atoms with Gasteiger partial charge >= 0.3 is 0 Å². The number of hydrogen-bond donors (Lipinski definition) is 0. The van der Waals surface area contributed by atoms with Gasteiger partial charge in [0.25, 0.3) is 0 Å². The molecular formula is C30H48O2. The number of carbonyl (C=O) groups excluding carboxylic acids is 1. The molecule has 0 bridgehead atoms. The molecule has 2 nitrogen and oxygen atoms in total. The summed E-state index contributed by atoms with van der Waals surface area (Å²) in [5.41, 5.74) is 1.66. The average Bonchev–Trinajstić information content (AvgIpc) is 3.43. The maximum Gasteiger partial charge on any atom is 0.138 e. The summed E-state index contributed by atoms with van der Waals surface area (Å²) in [4.78, 5) is 12.9. The molecule has 0 N–H and O–H groups in total. The molecule has 5 saturated carbocycles. The molecular weight excluding hydrogens is 392 g/mol. The number of fused-ring (bicyclic) bond motifs is 5. The van der Waals surface area contributed by atoms with Crippen LogP contribution in [-0.2, 0) is 9.53 Å². The van der Waals surface area contributed by atoms with Crippen LogP contribution in [0.25, 0.3) is 0 Å². The number of rotatable bonds is 0. The van der Waals surface area contributed by atoms with E-state index < -0.39 is 0 Å². The Bertz CT molecular complexity index is 872. The number of hydrogen-bond acceptors (Lipinski definition) is 2. The Balaban J connectivity index is 1.44. The lowest BCUT2D eigenvalue weighted by Gasteiger charge is -2.73. The standard InChI is InChI=1S/C30H48O2/c1-24(2)13-9-10-20-27(24,6)16-17-29(8)28(20,7)15-11-19-26(5)14-12-22(31)25(3,4)21(26)18-23-30(19,29)32-23/h19-21,23H,9-18H2,1-8H3/t19-,20-,21+,23-,26-,27+,28+,29+,30+/m1/s1. The van der Waals surface area contributed by atoms with Crippen LogP contribution in [0.1, 0.15) is 120 Å². The summed E-state index contributed by atoms with van der Waals surface area (Å²) >= 11 is 0. The van der Waals surface area contributed by atoms with Gasteiger partial charge in [0.15, 0.2) is 0 Å². The zero-order valence-electron chi connectivity index (χ0n) is 22.2. The molecule has 0 aromatic rings. The lowest BCUT2D eigenvalue weighted by atomic mass is 9.30. The molecule has 1 aliphatic heterocycles. The normalized spacial score (nSPS) is 59.7. The molecule has 0 unspecified atom stereocenters. The highest BCUT2D eigenvalue weighted by atomic mass is 16.6. The summed E-state index contributed by atoms with van der Waals surface area (Å²) in [5, 5.41) is 0. The minimum Gasteiger partial charge on any atom is -0.365 e. The minimum absolute atomic E-state index is 0.0740. The number of epoxide rings is 1. The highest BCUT2D eigenvalue weighted by Gasteiger charge is 2.84. The van der Waals surface area contributed by atoms with E-state index in [9.17, 15) is 4.79 Å². The third-order valence-electron chi connectivity index (χ3n) is 14.4. The molecule has 0 aromatic heterocycles. The first-order chi connectivity index (χ1) is 14.7. The second-order valence-corrected chi connectivity index (χ2v) is 15.4. The average molecular weight is 441 g/mol. The van der Waals surface area contributed by atoms with Crippen LogP contribution in [0, 0.1) is 50.2 Å². The first-order valence-corrected chi connectivity index (χ1v) is 13.9. The van der Waals surface area contributed by atoms with Crippen molar-refractivity contribution in [2.75, 3.05) is 0 Å². The fourth-order valence-electron chi connectivity index (χ4n) is 11.8. The van der Waals surface area contributed by atoms with Crippen molar-refractivity contribution in [1.29, 1.82) is 0 Å². The topological polar surface area (TPSA) is 29.6 Å². The zero-order valence-corrected chi connectivity index (χ0v) is 22.2. The van der Waals surface area contributed by atoms with Crippen molar-refractivity contribution >= 4 is 5.78 Å². The molecule has 0 radical (unpaired) electrons. The lowest BCUT2D eigenvalue weighted by molar-refractivity contribution is -0.246. The second kappa shape index (κ2) is 5.88. The van der Waals surface area contributed by atoms with Crippen molar-refractivity contribution in [3.8, 4) is 0 Å². The van der Waals surface area contributed by atoms with Gasteiger partial charge in [-0.05, 0) is 90.8 Å². The molecule has 6 aliphatic rings. The van der Waals surface area contributed by atoms with Gasteiger partial charge in [0.2, 0.25) is 0 Å². The third-order valence-corrected chi connectivity index (χ3v) is 14.4. The largest absolute Gasteiger partial charge is 0.365 e. The summed E-state index contributed by atoms with van der Waals surface area (Å²) in [6.45, 7) is 20.2. The molecule has 1 heterocycles. The highest BCUT2D eigenvalue weighted by molar-refractivity contribution is 5.85. The van der Waals surface area contributed by atoms with E-state index >= 15 is 0 Å². The number of ketones is 1. The van der Waals surface area contributed by atoms with E-state index in [1.54, 1.807) is 0 Å². The Kier molecular flexibility index (Phi) is 4.06. The molecule has 5 aliphatic carbocycles. The highest BCUT2D eigenvalue weighted by Crippen LogP contribution is 2.83. The molecule has 9 atom stereocenters. The van der Waals surface area contributed by atoms with Crippen LogP contribution >= 0.6 is 0 Å². The van der Waals surface area contributed by atoms with Crippen LogP contribution in [-0.4, -0.2) is 17.5 Å². The van der Waals surface area contributed by atoms with Crippen molar-refractivity contribution in [1.82, 2.24) is 0 Å². The molecule has 2 heteroatoms. The fraction of sp³-hybridized carbons (Fsp3) is 0.967. The van der Waals surface area contributed by atoms with Crippen molar-refractivity contribution < 1.29 is 9.53 Å². The van der Waals surface area contributed by atoms with Crippen LogP contribution in [0.4, 0.5) is 0 Å². The van der Waals surface area contributed by atoms with Gasteiger partial charge < -0.3 is 4.74 Å². The summed E-state index contributed by atoms with van der Waals surface area (Å²) in [7, 11) is 0. The van der Waals surface area contributed by atoms with Crippen LogP contribution < -0.4 is 0 Å². The maximum atomic E-state index is 12.9. The van der Waals surface area contributed by atoms with E-state index in [0.29, 0.717) is 40.0 Å². The number of carbonyl (C=O) groups is 1. The zero-order chi connectivity index (χ0) is 23.2. The molecule has 6 fully saturated rings. The second-order valence-electron chi connectivity index (χ2n) is 15.4. The van der Waals surface area contributed by atoms with E-state index in [4.69, 9.17) is 4.74 Å². The summed E-state index contributed by atoms with van der Waals surface area (Å²) in [5.74, 6) is 2.42. The predicted molar refractivity (Wildman–Crippen MR) is 129 cm³/mol. The number of Topliss-reactive ketones (excluding diaryl/α,β-unsaturated/α-hetero) is 1. The Morgan fingerprint density at radius 2 is 1.47 bits per heavy atom. The molecule has 1 saturated heterocycles. The fourth-order valence-corrected chi connectivity index (χ4v) is 11.8. The lowest BCUT2D eigenvalue weighted by Crippen LogP contribution is -2.71. The van der Waals surface area contributed by atoms with Crippen molar-refractivity contribution in [3.05, 3.63) is 0 Å². The van der Waals surface area contributed by atoms with E-state index in [2.05, 4.69) is 55.4 Å². The van der Waals surface area contributed by atoms with Crippen molar-refractivity contribution in [3.63, 3.8) is 0 Å². The Morgan fingerprint density at radius 3 is 2.19 bits per heavy atom. The first kappa shape index (κ1) is 22.1. The van der Waals surface area contributed by atoms with E-state index in [1.165, 1.54) is 44.9 Å². The van der Waals surface area contributed by atoms with E-state index in [0.717, 1.165) is 25.2 Å². The quantitative estimate of drug-likeness (QED) is 0.363. The predicted octanol–water partition coefficient (Wildman–Crippen LogP) is 7.59. The van der Waals surface area contributed by atoms with Gasteiger partial charge in [-0.2, -0.15) is 0 Å². The van der Waals surface area contributed by atoms with Gasteiger partial charge in [-0.25, -0.2) is 0 Å². The van der Waals surface area contributed by atoms with E-state index in [-0.39, 0.29) is 21.8 Å². The summed E-state index contributed by atoms with van der Waals surface area (Å²) < 4.78 is 7.05. The van der Waals surface area contributed by atoms with E-state index in [1.807, 2.05) is 0 Å². The van der Waals surface area contributed by atoms with Gasteiger partial charge in [-0.15, -0.1) is 0 Å². The summed E-state index contributed by atoms with van der Waals surface area (Å²) in [6, 6.07) is 0. The van der Waals surface area contributed by atoms with Crippen molar-refractivity contribution in [2.24, 2.45) is 50.2 Å². The number of ether oxygens (including phenoxy) is 1. The Labute approximate surface area is 197 Å². The Morgan fingerprint density at radius 1 is 0.750 bits per heavy atom. The molecule has 32 heavy (non-hydrogen) atoms. The van der Waals surface area contributed by atoms with Crippen LogP contribution in [0.3, 0.4) is 0 Å². The van der Waals surface area contributed by atoms with Gasteiger partial charge in [0, 0.05) is 17.3 Å². The molecule has 1 spiro atoms. The molecule has 0 aromatic carbocycles. The summed E-state index contributed by atoms with van der Waals surface area (Å²) in [6.07, 6.45) is 12.9. The van der Waals surface area contributed by atoms with Gasteiger partial charge in [-0.3, -0.25) is 4.79 Å².